The molecule has 0 heterocycles. The summed E-state index contributed by atoms with van der Waals surface area (Å²) in [6, 6.07) is 14.2. The summed E-state index contributed by atoms with van der Waals surface area (Å²) in [6.07, 6.45) is -0.493. The minimum Gasteiger partial charge on any atom is -0.491 e. The van der Waals surface area contributed by atoms with Crippen LogP contribution in [0, 0.1) is 29.1 Å². The minimum atomic E-state index is -4.74. The van der Waals surface area contributed by atoms with Gasteiger partial charge in [0.25, 0.3) is 0 Å². The second-order valence-electron chi connectivity index (χ2n) is 9.41. The number of ether oxygens (including phenoxy) is 2. The molecule has 0 N–H and O–H groups in total. The Balaban J connectivity index is 1.58. The highest BCUT2D eigenvalue weighted by molar-refractivity contribution is 5.71. The number of alkyl halides is 2. The maximum Gasteiger partial charge on any atom is 0.432 e. The van der Waals surface area contributed by atoms with E-state index in [1.165, 1.54) is 19.1 Å². The summed E-state index contributed by atoms with van der Waals surface area (Å²) in [6.45, 7) is 3.60. The highest BCUT2D eigenvalue weighted by Crippen LogP contribution is 2.39. The molecule has 0 aliphatic rings. The smallest absolute Gasteiger partial charge is 0.432 e. The van der Waals surface area contributed by atoms with Gasteiger partial charge in [-0.1, -0.05) is 56.2 Å². The molecule has 0 amide bonds. The normalized spacial score (nSPS) is 11.5. The van der Waals surface area contributed by atoms with Gasteiger partial charge in [0.2, 0.25) is 11.6 Å². The van der Waals surface area contributed by atoms with Crippen molar-refractivity contribution in [2.24, 2.45) is 0 Å². The van der Waals surface area contributed by atoms with E-state index in [4.69, 9.17) is 4.74 Å². The van der Waals surface area contributed by atoms with Crippen molar-refractivity contribution < 1.29 is 40.2 Å². The molecule has 0 aliphatic heterocycles. The molecule has 216 valence electrons. The van der Waals surface area contributed by atoms with Crippen LogP contribution in [0.15, 0.2) is 66.7 Å². The zero-order valence-corrected chi connectivity index (χ0v) is 22.3. The number of halogens is 7. The van der Waals surface area contributed by atoms with Crippen molar-refractivity contribution in [2.75, 3.05) is 6.61 Å². The zero-order valence-electron chi connectivity index (χ0n) is 22.3. The van der Waals surface area contributed by atoms with E-state index in [2.05, 4.69) is 11.7 Å². The molecule has 0 bridgehead atoms. The predicted molar refractivity (Wildman–Crippen MR) is 142 cm³/mol. The summed E-state index contributed by atoms with van der Waals surface area (Å²) in [5.41, 5.74) is 0.00411. The SMILES string of the molecule is CCCCCc1ccc(-c2ccc(-c3cc(F)c(C(F)(F)Oc4ccc(OCC)c(F)c4F)c(F)c3)c(F)c2)cc1. The fourth-order valence-corrected chi connectivity index (χ4v) is 4.43. The molecular formula is C32H27F7O2. The molecule has 0 aromatic heterocycles. The Morgan fingerprint density at radius 2 is 1.22 bits per heavy atom. The number of hydrogen-bond donors (Lipinski definition) is 0. The maximum atomic E-state index is 15.1. The van der Waals surface area contributed by atoms with E-state index in [0.29, 0.717) is 23.8 Å². The fourth-order valence-electron chi connectivity index (χ4n) is 4.43. The van der Waals surface area contributed by atoms with E-state index in [1.54, 1.807) is 6.07 Å². The van der Waals surface area contributed by atoms with Gasteiger partial charge in [-0.2, -0.15) is 17.6 Å². The molecule has 9 heteroatoms. The van der Waals surface area contributed by atoms with Crippen LogP contribution in [0.5, 0.6) is 11.5 Å². The number of aryl methyl sites for hydroxylation is 1. The standard InChI is InChI=1S/C32H27F7O2/c1-3-5-6-7-19-8-10-20(11-9-19)21-12-13-23(24(33)16-21)22-17-25(34)29(26(35)18-22)32(38,39)41-28-15-14-27(40-4-2)30(36)31(28)37/h8-18H,3-7H2,1-2H3. The van der Waals surface area contributed by atoms with Crippen LogP contribution in [0.3, 0.4) is 0 Å². The first-order valence-electron chi connectivity index (χ1n) is 13.1. The van der Waals surface area contributed by atoms with Gasteiger partial charge in [0, 0.05) is 5.56 Å². The largest absolute Gasteiger partial charge is 0.491 e. The van der Waals surface area contributed by atoms with E-state index in [0.717, 1.165) is 42.9 Å². The monoisotopic (exact) mass is 576 g/mol. The van der Waals surface area contributed by atoms with Crippen LogP contribution in [-0.2, 0) is 12.5 Å². The number of benzene rings is 4. The second-order valence-corrected chi connectivity index (χ2v) is 9.41. The lowest BCUT2D eigenvalue weighted by Gasteiger charge is -2.21. The lowest BCUT2D eigenvalue weighted by Crippen LogP contribution is -2.26. The third-order valence-corrected chi connectivity index (χ3v) is 6.52. The summed E-state index contributed by atoms with van der Waals surface area (Å²) in [5.74, 6) is -9.60. The van der Waals surface area contributed by atoms with Crippen molar-refractivity contribution in [1.29, 1.82) is 0 Å². The van der Waals surface area contributed by atoms with Gasteiger partial charge in [0.1, 0.15) is 23.0 Å². The maximum absolute atomic E-state index is 15.1. The van der Waals surface area contributed by atoms with Crippen LogP contribution < -0.4 is 9.47 Å². The molecule has 4 rings (SSSR count). The van der Waals surface area contributed by atoms with Crippen molar-refractivity contribution >= 4 is 0 Å². The topological polar surface area (TPSA) is 18.5 Å². The summed E-state index contributed by atoms with van der Waals surface area (Å²) in [4.78, 5) is 0. The summed E-state index contributed by atoms with van der Waals surface area (Å²) < 4.78 is 112. The summed E-state index contributed by atoms with van der Waals surface area (Å²) >= 11 is 0. The van der Waals surface area contributed by atoms with Crippen molar-refractivity contribution in [2.45, 2.75) is 45.6 Å². The molecule has 4 aromatic rings. The molecule has 0 unspecified atom stereocenters. The lowest BCUT2D eigenvalue weighted by atomic mass is 9.97. The predicted octanol–water partition coefficient (Wildman–Crippen LogP) is 9.98. The van der Waals surface area contributed by atoms with Crippen LogP contribution in [0.2, 0.25) is 0 Å². The van der Waals surface area contributed by atoms with Gasteiger partial charge in [-0.15, -0.1) is 0 Å². The molecule has 0 saturated heterocycles. The van der Waals surface area contributed by atoms with Gasteiger partial charge in [-0.3, -0.25) is 0 Å². The Kier molecular flexibility index (Phi) is 9.25. The Morgan fingerprint density at radius 1 is 0.634 bits per heavy atom. The Hall–Kier alpha value is -4.01. The second kappa shape index (κ2) is 12.7. The number of hydrogen-bond acceptors (Lipinski definition) is 2. The average molecular weight is 577 g/mol. The number of unbranched alkanes of at least 4 members (excludes halogenated alkanes) is 2. The first kappa shape index (κ1) is 30.0. The van der Waals surface area contributed by atoms with Crippen molar-refractivity contribution in [3.63, 3.8) is 0 Å². The van der Waals surface area contributed by atoms with Crippen molar-refractivity contribution in [3.8, 4) is 33.8 Å². The van der Waals surface area contributed by atoms with Gasteiger partial charge >= 0.3 is 6.11 Å². The van der Waals surface area contributed by atoms with Crippen LogP contribution in [0.4, 0.5) is 30.7 Å². The van der Waals surface area contributed by atoms with E-state index >= 15 is 4.39 Å². The molecule has 0 saturated carbocycles. The van der Waals surface area contributed by atoms with Gasteiger partial charge < -0.3 is 9.47 Å². The molecule has 4 aromatic carbocycles. The molecule has 0 aliphatic carbocycles. The minimum absolute atomic E-state index is 0.0227. The van der Waals surface area contributed by atoms with Gasteiger partial charge in [-0.25, -0.2) is 13.2 Å². The lowest BCUT2D eigenvalue weighted by molar-refractivity contribution is -0.191. The Labute approximate surface area is 233 Å². The quantitative estimate of drug-likeness (QED) is 0.131. The fraction of sp³-hybridized carbons (Fsp3) is 0.250. The van der Waals surface area contributed by atoms with Crippen LogP contribution >= 0.6 is 0 Å². The van der Waals surface area contributed by atoms with Crippen LogP contribution in [0.1, 0.15) is 44.2 Å². The Morgan fingerprint density at radius 3 is 1.83 bits per heavy atom. The average Bonchev–Trinajstić information content (AvgIpc) is 2.93. The number of rotatable bonds is 11. The summed E-state index contributed by atoms with van der Waals surface area (Å²) in [7, 11) is 0. The van der Waals surface area contributed by atoms with E-state index in [-0.39, 0.29) is 17.7 Å². The van der Waals surface area contributed by atoms with E-state index < -0.39 is 52.3 Å². The van der Waals surface area contributed by atoms with Gasteiger partial charge in [0.05, 0.1) is 6.61 Å². The van der Waals surface area contributed by atoms with Crippen LogP contribution in [-0.4, -0.2) is 6.61 Å². The summed E-state index contributed by atoms with van der Waals surface area (Å²) in [5, 5.41) is 0. The molecule has 41 heavy (non-hydrogen) atoms. The molecule has 0 radical (unpaired) electrons. The molecular weight excluding hydrogens is 549 g/mol. The highest BCUT2D eigenvalue weighted by atomic mass is 19.3. The zero-order chi connectivity index (χ0) is 29.7. The third-order valence-electron chi connectivity index (χ3n) is 6.52. The van der Waals surface area contributed by atoms with E-state index in [1.807, 2.05) is 24.3 Å². The third kappa shape index (κ3) is 6.66. The Bertz CT molecular complexity index is 1490. The van der Waals surface area contributed by atoms with Crippen molar-refractivity contribution in [1.82, 2.24) is 0 Å². The van der Waals surface area contributed by atoms with E-state index in [9.17, 15) is 26.3 Å². The highest BCUT2D eigenvalue weighted by Gasteiger charge is 2.42. The van der Waals surface area contributed by atoms with Crippen LogP contribution in [0.25, 0.3) is 22.3 Å². The first-order chi connectivity index (χ1) is 19.6. The molecule has 0 atom stereocenters. The molecule has 2 nitrogen and oxygen atoms in total. The van der Waals surface area contributed by atoms with Gasteiger partial charge in [0.15, 0.2) is 11.5 Å². The van der Waals surface area contributed by atoms with Gasteiger partial charge in [-0.05, 0) is 72.4 Å². The molecule has 0 spiro atoms. The van der Waals surface area contributed by atoms with Crippen molar-refractivity contribution in [3.05, 3.63) is 107 Å². The first-order valence-corrected chi connectivity index (χ1v) is 13.1. The molecule has 0 fully saturated rings.